The highest BCUT2D eigenvalue weighted by molar-refractivity contribution is 7.89. The molecular formula is C26H26ClF3N6O5S. The van der Waals surface area contributed by atoms with Crippen LogP contribution in [0.5, 0.6) is 5.75 Å². The number of sulfonamides is 1. The Morgan fingerprint density at radius 1 is 1.19 bits per heavy atom. The molecule has 2 aromatic heterocycles. The third kappa shape index (κ3) is 5.98. The first-order valence-corrected chi connectivity index (χ1v) is 14.2. The zero-order chi connectivity index (χ0) is 31.0. The van der Waals surface area contributed by atoms with Crippen LogP contribution in [0.4, 0.5) is 19.0 Å². The maximum Gasteiger partial charge on any atom is 0.490 e. The van der Waals surface area contributed by atoms with Gasteiger partial charge in [0, 0.05) is 29.2 Å². The van der Waals surface area contributed by atoms with Gasteiger partial charge in [0.1, 0.15) is 24.5 Å². The maximum absolute atomic E-state index is 13.4. The highest BCUT2D eigenvalue weighted by atomic mass is 35.5. The number of aliphatic carboxylic acids is 1. The van der Waals surface area contributed by atoms with Crippen molar-refractivity contribution in [2.45, 2.75) is 44.4 Å². The lowest BCUT2D eigenvalue weighted by atomic mass is 9.98. The van der Waals surface area contributed by atoms with Gasteiger partial charge in [-0.15, -0.1) is 0 Å². The summed E-state index contributed by atoms with van der Waals surface area (Å²) < 4.78 is 67.9. The van der Waals surface area contributed by atoms with E-state index in [1.807, 2.05) is 26.8 Å². The molecule has 3 heterocycles. The Kier molecular flexibility index (Phi) is 8.66. The number of nitrogens with zero attached hydrogens (tertiary/aromatic N) is 5. The van der Waals surface area contributed by atoms with Crippen LogP contribution in [-0.4, -0.2) is 62.9 Å². The molecule has 0 aliphatic carbocycles. The number of nitrogen functional groups attached to an aromatic ring is 1. The van der Waals surface area contributed by atoms with Crippen molar-refractivity contribution in [3.05, 3.63) is 70.1 Å². The van der Waals surface area contributed by atoms with Gasteiger partial charge in [-0.05, 0) is 44.5 Å². The number of hydrogen-bond acceptors (Lipinski definition) is 8. The summed E-state index contributed by atoms with van der Waals surface area (Å²) in [5.74, 6) is -1.77. The molecule has 224 valence electrons. The van der Waals surface area contributed by atoms with E-state index in [1.54, 1.807) is 35.0 Å². The number of anilines is 1. The zero-order valence-electron chi connectivity index (χ0n) is 22.6. The van der Waals surface area contributed by atoms with Crippen LogP contribution >= 0.6 is 11.6 Å². The number of hydrogen-bond donors (Lipinski definition) is 2. The van der Waals surface area contributed by atoms with E-state index in [0.29, 0.717) is 27.6 Å². The predicted molar refractivity (Wildman–Crippen MR) is 148 cm³/mol. The topological polar surface area (TPSA) is 154 Å². The highest BCUT2D eigenvalue weighted by Gasteiger charge is 2.38. The Hall–Kier alpha value is -3.95. The Morgan fingerprint density at radius 3 is 2.45 bits per heavy atom. The molecule has 11 nitrogen and oxygen atoms in total. The van der Waals surface area contributed by atoms with E-state index >= 15 is 0 Å². The molecule has 3 N–H and O–H groups in total. The summed E-state index contributed by atoms with van der Waals surface area (Å²) in [5, 5.41) is 13.0. The smallest absolute Gasteiger partial charge is 0.490 e. The molecule has 2 aromatic carbocycles. The summed E-state index contributed by atoms with van der Waals surface area (Å²) in [4.78, 5) is 17.6. The molecule has 42 heavy (non-hydrogen) atoms. The Morgan fingerprint density at radius 2 is 1.83 bits per heavy atom. The van der Waals surface area contributed by atoms with Crippen molar-refractivity contribution in [2.75, 3.05) is 18.9 Å². The summed E-state index contributed by atoms with van der Waals surface area (Å²) in [6.45, 7) is 6.26. The fourth-order valence-electron chi connectivity index (χ4n) is 4.49. The molecule has 16 heteroatoms. The van der Waals surface area contributed by atoms with Crippen molar-refractivity contribution in [1.29, 1.82) is 0 Å². The van der Waals surface area contributed by atoms with Crippen LogP contribution in [0.2, 0.25) is 5.02 Å². The SMILES string of the molecule is Cc1c(Cl)cc(C(C)n2nc(C)c3c(N)ncnc32)c2c1CN(S(=O)(=O)c1ccccc1)CCO2.O=C(O)C(F)(F)F. The van der Waals surface area contributed by atoms with Crippen LogP contribution in [-0.2, 0) is 21.4 Å². The zero-order valence-corrected chi connectivity index (χ0v) is 24.1. The van der Waals surface area contributed by atoms with Gasteiger partial charge in [-0.25, -0.2) is 27.9 Å². The van der Waals surface area contributed by atoms with Gasteiger partial charge in [0.15, 0.2) is 5.65 Å². The molecule has 1 unspecified atom stereocenters. The van der Waals surface area contributed by atoms with E-state index < -0.39 is 22.2 Å². The van der Waals surface area contributed by atoms with Crippen molar-refractivity contribution in [3.8, 4) is 5.75 Å². The van der Waals surface area contributed by atoms with Gasteiger partial charge >= 0.3 is 12.1 Å². The summed E-state index contributed by atoms with van der Waals surface area (Å²) >= 11 is 6.66. The van der Waals surface area contributed by atoms with E-state index in [2.05, 4.69) is 15.1 Å². The molecule has 0 bridgehead atoms. The van der Waals surface area contributed by atoms with Gasteiger partial charge in [0.05, 0.1) is 22.0 Å². The number of alkyl halides is 3. The van der Waals surface area contributed by atoms with Gasteiger partial charge in [0.25, 0.3) is 0 Å². The summed E-state index contributed by atoms with van der Waals surface area (Å²) in [7, 11) is -3.71. The number of ether oxygens (including phenoxy) is 1. The third-order valence-corrected chi connectivity index (χ3v) is 8.94. The minimum Gasteiger partial charge on any atom is -0.491 e. The predicted octanol–water partition coefficient (Wildman–Crippen LogP) is 4.50. The number of aryl methyl sites for hydroxylation is 1. The van der Waals surface area contributed by atoms with E-state index in [0.717, 1.165) is 22.4 Å². The van der Waals surface area contributed by atoms with E-state index in [4.69, 9.17) is 32.0 Å². The number of rotatable bonds is 4. The van der Waals surface area contributed by atoms with Crippen LogP contribution in [0.3, 0.4) is 0 Å². The van der Waals surface area contributed by atoms with Crippen LogP contribution in [0.1, 0.15) is 35.3 Å². The standard InChI is InChI=1S/C24H25ClN6O3S.C2HF3O2/c1-14-19-12-30(35(32,33)17-7-5-4-6-8-17)9-10-34-22(19)18(11-20(14)25)16(3)31-24-21(15(2)29-31)23(26)27-13-28-24;3-2(4,5)1(6)7/h4-8,11,13,16H,9-10,12H2,1-3H3,(H2,26,27,28);(H,6,7). The van der Waals surface area contributed by atoms with Gasteiger partial charge in [-0.2, -0.15) is 22.6 Å². The van der Waals surface area contributed by atoms with Gasteiger partial charge < -0.3 is 15.6 Å². The normalized spacial score (nSPS) is 14.7. The van der Waals surface area contributed by atoms with E-state index in [-0.39, 0.29) is 30.6 Å². The number of aromatic nitrogens is 4. The van der Waals surface area contributed by atoms with Gasteiger partial charge in [0.2, 0.25) is 10.0 Å². The second-order valence-electron chi connectivity index (χ2n) is 9.35. The van der Waals surface area contributed by atoms with Crippen molar-refractivity contribution >= 4 is 44.4 Å². The fraction of sp³-hybridized carbons (Fsp3) is 0.308. The highest BCUT2D eigenvalue weighted by Crippen LogP contribution is 2.40. The molecule has 0 saturated heterocycles. The first-order chi connectivity index (χ1) is 19.6. The molecular weight excluding hydrogens is 601 g/mol. The number of nitrogens with two attached hydrogens (primary N) is 1. The first-order valence-electron chi connectivity index (χ1n) is 12.4. The number of carboxylic acid groups (broad SMARTS) is 1. The van der Waals surface area contributed by atoms with Gasteiger partial charge in [-0.1, -0.05) is 29.8 Å². The lowest BCUT2D eigenvalue weighted by Gasteiger charge is -2.23. The molecule has 0 fully saturated rings. The molecule has 0 amide bonds. The van der Waals surface area contributed by atoms with Crippen LogP contribution in [0.25, 0.3) is 11.0 Å². The lowest BCUT2D eigenvalue weighted by molar-refractivity contribution is -0.192. The molecule has 5 rings (SSSR count). The Balaban J connectivity index is 0.000000517. The Labute approximate surface area is 243 Å². The molecule has 4 aromatic rings. The second kappa shape index (κ2) is 11.7. The molecule has 0 saturated carbocycles. The maximum atomic E-state index is 13.4. The number of carbonyl (C=O) groups is 1. The quantitative estimate of drug-likeness (QED) is 0.333. The third-order valence-electron chi connectivity index (χ3n) is 6.68. The summed E-state index contributed by atoms with van der Waals surface area (Å²) in [6.07, 6.45) is -3.67. The molecule has 1 aliphatic heterocycles. The molecule has 0 radical (unpaired) electrons. The van der Waals surface area contributed by atoms with Crippen molar-refractivity contribution < 1.29 is 36.2 Å². The minimum atomic E-state index is -5.08. The second-order valence-corrected chi connectivity index (χ2v) is 11.7. The van der Waals surface area contributed by atoms with Crippen molar-refractivity contribution in [3.63, 3.8) is 0 Å². The molecule has 0 spiro atoms. The Bertz CT molecular complexity index is 1750. The minimum absolute atomic E-state index is 0.146. The summed E-state index contributed by atoms with van der Waals surface area (Å²) in [5.41, 5.74) is 9.70. The van der Waals surface area contributed by atoms with E-state index in [1.165, 1.54) is 10.6 Å². The number of carboxylic acids is 1. The van der Waals surface area contributed by atoms with Crippen LogP contribution in [0, 0.1) is 13.8 Å². The largest absolute Gasteiger partial charge is 0.491 e. The van der Waals surface area contributed by atoms with Crippen molar-refractivity contribution in [1.82, 2.24) is 24.1 Å². The number of halogens is 4. The van der Waals surface area contributed by atoms with E-state index in [9.17, 15) is 21.6 Å². The fourth-order valence-corrected chi connectivity index (χ4v) is 6.14. The average Bonchev–Trinajstić information content (AvgIpc) is 3.12. The number of fused-ring (bicyclic) bond motifs is 2. The van der Waals surface area contributed by atoms with Crippen LogP contribution < -0.4 is 10.5 Å². The average molecular weight is 627 g/mol. The monoisotopic (exact) mass is 626 g/mol. The molecule has 1 aliphatic rings. The van der Waals surface area contributed by atoms with Crippen LogP contribution in [0.15, 0.2) is 47.6 Å². The lowest BCUT2D eigenvalue weighted by Crippen LogP contribution is -2.32. The summed E-state index contributed by atoms with van der Waals surface area (Å²) in [6, 6.07) is 9.95. The first kappa shape index (κ1) is 31.0. The van der Waals surface area contributed by atoms with Gasteiger partial charge in [-0.3, -0.25) is 0 Å². The molecule has 1 atom stereocenters. The number of benzene rings is 2. The van der Waals surface area contributed by atoms with Crippen molar-refractivity contribution in [2.24, 2.45) is 0 Å².